The van der Waals surface area contributed by atoms with Crippen LogP contribution in [0.2, 0.25) is 0 Å². The lowest BCUT2D eigenvalue weighted by atomic mass is 9.98. The van der Waals surface area contributed by atoms with Gasteiger partial charge in [-0.1, -0.05) is 0 Å². The first-order valence-corrected chi connectivity index (χ1v) is 10.8. The number of methoxy groups -OCH3 is 2. The molecule has 1 heterocycles. The van der Waals surface area contributed by atoms with Gasteiger partial charge in [-0.05, 0) is 53.5 Å². The van der Waals surface area contributed by atoms with E-state index in [1.54, 1.807) is 19.2 Å². The Morgan fingerprint density at radius 3 is 2.32 bits per heavy atom. The number of carbonyl (C=O) groups is 1. The minimum absolute atomic E-state index is 0.170. The van der Waals surface area contributed by atoms with Crippen LogP contribution in [0.3, 0.4) is 0 Å². The second kappa shape index (κ2) is 8.54. The summed E-state index contributed by atoms with van der Waals surface area (Å²) in [6.45, 7) is 1.54. The molecule has 0 bridgehead atoms. The zero-order chi connectivity index (χ0) is 18.6. The van der Waals surface area contributed by atoms with Crippen molar-refractivity contribution in [3.05, 3.63) is 21.3 Å². The zero-order valence-electron chi connectivity index (χ0n) is 14.5. The molecule has 2 rings (SSSR count). The largest absolute Gasteiger partial charge is 0.493 e. The molecular formula is C16H23IN2O5S. The van der Waals surface area contributed by atoms with Crippen molar-refractivity contribution >= 4 is 38.5 Å². The van der Waals surface area contributed by atoms with E-state index in [1.165, 1.54) is 17.7 Å². The highest BCUT2D eigenvalue weighted by molar-refractivity contribution is 14.1. The Morgan fingerprint density at radius 2 is 1.80 bits per heavy atom. The third-order valence-electron chi connectivity index (χ3n) is 4.31. The van der Waals surface area contributed by atoms with E-state index in [-0.39, 0.29) is 11.8 Å². The molecule has 1 aromatic carbocycles. The summed E-state index contributed by atoms with van der Waals surface area (Å²) in [4.78, 5) is 12.5. The van der Waals surface area contributed by atoms with Crippen molar-refractivity contribution in [1.29, 1.82) is 0 Å². The average Bonchev–Trinajstić information content (AvgIpc) is 2.58. The van der Waals surface area contributed by atoms with Crippen molar-refractivity contribution in [3.63, 3.8) is 0 Å². The Kier molecular flexibility index (Phi) is 6.92. The third-order valence-corrected chi connectivity index (χ3v) is 6.51. The van der Waals surface area contributed by atoms with E-state index in [9.17, 15) is 13.2 Å². The number of halogens is 1. The number of nitrogens with one attached hydrogen (secondary N) is 1. The van der Waals surface area contributed by atoms with Gasteiger partial charge >= 0.3 is 0 Å². The summed E-state index contributed by atoms with van der Waals surface area (Å²) in [5.41, 5.74) is 0.534. The summed E-state index contributed by atoms with van der Waals surface area (Å²) < 4.78 is 35.8. The van der Waals surface area contributed by atoms with Crippen LogP contribution >= 0.6 is 22.6 Å². The molecule has 1 aliphatic rings. The molecule has 1 aromatic rings. The second-order valence-corrected chi connectivity index (χ2v) is 9.15. The molecule has 0 aliphatic carbocycles. The monoisotopic (exact) mass is 482 g/mol. The van der Waals surface area contributed by atoms with Gasteiger partial charge in [-0.2, -0.15) is 0 Å². The van der Waals surface area contributed by atoms with Crippen LogP contribution in [0.25, 0.3) is 0 Å². The first-order chi connectivity index (χ1) is 11.8. The van der Waals surface area contributed by atoms with Crippen molar-refractivity contribution in [2.24, 2.45) is 5.92 Å². The van der Waals surface area contributed by atoms with E-state index in [2.05, 4.69) is 27.9 Å². The molecule has 9 heteroatoms. The van der Waals surface area contributed by atoms with E-state index in [1.807, 2.05) is 0 Å². The Hall–Kier alpha value is -1.07. The predicted molar refractivity (Wildman–Crippen MR) is 104 cm³/mol. The molecule has 0 spiro atoms. The van der Waals surface area contributed by atoms with Crippen molar-refractivity contribution in [2.45, 2.75) is 12.8 Å². The van der Waals surface area contributed by atoms with Crippen LogP contribution in [-0.2, 0) is 10.0 Å². The molecule has 0 atom stereocenters. The standard InChI is InChI=1S/C16H23IN2O5S/c1-23-14-8-12(13(17)9-15(14)24-2)16(20)18-10-11-4-6-19(7-5-11)25(3,21)22/h8-9,11H,4-7,10H2,1-3H3,(H,18,20). The van der Waals surface area contributed by atoms with E-state index >= 15 is 0 Å². The molecule has 0 radical (unpaired) electrons. The summed E-state index contributed by atoms with van der Waals surface area (Å²) in [7, 11) is -0.0424. The van der Waals surface area contributed by atoms with E-state index in [0.29, 0.717) is 36.7 Å². The lowest BCUT2D eigenvalue weighted by Gasteiger charge is -2.30. The number of nitrogens with zero attached hydrogens (tertiary/aromatic N) is 1. The van der Waals surface area contributed by atoms with Gasteiger partial charge in [0.15, 0.2) is 11.5 Å². The maximum absolute atomic E-state index is 12.5. The maximum atomic E-state index is 12.5. The molecule has 1 saturated heterocycles. The van der Waals surface area contributed by atoms with Crippen molar-refractivity contribution in [3.8, 4) is 11.5 Å². The highest BCUT2D eigenvalue weighted by atomic mass is 127. The van der Waals surface area contributed by atoms with Gasteiger partial charge < -0.3 is 14.8 Å². The lowest BCUT2D eigenvalue weighted by Crippen LogP contribution is -2.41. The van der Waals surface area contributed by atoms with Crippen LogP contribution < -0.4 is 14.8 Å². The normalized spacial score (nSPS) is 16.5. The quantitative estimate of drug-likeness (QED) is 0.625. The van der Waals surface area contributed by atoms with Gasteiger partial charge in [-0.3, -0.25) is 4.79 Å². The number of rotatable bonds is 6. The van der Waals surface area contributed by atoms with Gasteiger partial charge in [0.05, 0.1) is 26.0 Å². The van der Waals surface area contributed by atoms with Crippen LogP contribution in [0.4, 0.5) is 0 Å². The van der Waals surface area contributed by atoms with Crippen LogP contribution in [0, 0.1) is 9.49 Å². The molecule has 7 nitrogen and oxygen atoms in total. The van der Waals surface area contributed by atoms with Crippen molar-refractivity contribution < 1.29 is 22.7 Å². The molecule has 140 valence electrons. The highest BCUT2D eigenvalue weighted by Crippen LogP contribution is 2.31. The fraction of sp³-hybridized carbons (Fsp3) is 0.562. The molecule has 1 fully saturated rings. The van der Waals surface area contributed by atoms with E-state index in [4.69, 9.17) is 9.47 Å². The first-order valence-electron chi connectivity index (χ1n) is 7.91. The zero-order valence-corrected chi connectivity index (χ0v) is 17.5. The predicted octanol–water partition coefficient (Wildman–Crippen LogP) is 1.71. The number of benzene rings is 1. The summed E-state index contributed by atoms with van der Waals surface area (Å²) in [6, 6.07) is 3.43. The first kappa shape index (κ1) is 20.2. The fourth-order valence-electron chi connectivity index (χ4n) is 2.81. The lowest BCUT2D eigenvalue weighted by molar-refractivity contribution is 0.0940. The summed E-state index contributed by atoms with van der Waals surface area (Å²) in [5.74, 6) is 1.20. The SMILES string of the molecule is COc1cc(I)c(C(=O)NCC2CCN(S(C)(=O)=O)CC2)cc1OC. The van der Waals surface area contributed by atoms with Crippen molar-refractivity contribution in [2.75, 3.05) is 40.1 Å². The number of carbonyl (C=O) groups excluding carboxylic acids is 1. The molecule has 25 heavy (non-hydrogen) atoms. The van der Waals surface area contributed by atoms with Gasteiger partial charge in [-0.15, -0.1) is 0 Å². The molecule has 1 N–H and O–H groups in total. The second-order valence-electron chi connectivity index (χ2n) is 6.00. The number of ether oxygens (including phenoxy) is 2. The number of hydrogen-bond donors (Lipinski definition) is 1. The maximum Gasteiger partial charge on any atom is 0.252 e. The summed E-state index contributed by atoms with van der Waals surface area (Å²) in [5, 5.41) is 2.94. The minimum atomic E-state index is -3.12. The molecular weight excluding hydrogens is 459 g/mol. The smallest absolute Gasteiger partial charge is 0.252 e. The molecule has 1 amide bonds. The van der Waals surface area contributed by atoms with E-state index < -0.39 is 10.0 Å². The van der Waals surface area contributed by atoms with Crippen LogP contribution in [-0.4, -0.2) is 58.7 Å². The third kappa shape index (κ3) is 5.20. The molecule has 0 unspecified atom stereocenters. The number of amides is 1. The topological polar surface area (TPSA) is 84.9 Å². The molecule has 0 saturated carbocycles. The van der Waals surface area contributed by atoms with Gasteiger partial charge in [0.25, 0.3) is 5.91 Å². The van der Waals surface area contributed by atoms with Crippen molar-refractivity contribution in [1.82, 2.24) is 9.62 Å². The highest BCUT2D eigenvalue weighted by Gasteiger charge is 2.25. The van der Waals surface area contributed by atoms with Crippen LogP contribution in [0.5, 0.6) is 11.5 Å². The number of hydrogen-bond acceptors (Lipinski definition) is 5. The average molecular weight is 482 g/mol. The van der Waals surface area contributed by atoms with Gasteiger partial charge in [-0.25, -0.2) is 12.7 Å². The van der Waals surface area contributed by atoms with Crippen LogP contribution in [0.15, 0.2) is 12.1 Å². The molecule has 0 aromatic heterocycles. The minimum Gasteiger partial charge on any atom is -0.493 e. The Bertz CT molecular complexity index is 730. The number of piperidine rings is 1. The Morgan fingerprint density at radius 1 is 1.24 bits per heavy atom. The Balaban J connectivity index is 1.95. The molecule has 1 aliphatic heterocycles. The van der Waals surface area contributed by atoms with Gasteiger partial charge in [0.1, 0.15) is 0 Å². The van der Waals surface area contributed by atoms with Gasteiger partial charge in [0.2, 0.25) is 10.0 Å². The van der Waals surface area contributed by atoms with Gasteiger partial charge in [0, 0.05) is 23.2 Å². The van der Waals surface area contributed by atoms with E-state index in [0.717, 1.165) is 16.4 Å². The number of sulfonamides is 1. The fourth-order valence-corrected chi connectivity index (χ4v) is 4.36. The van der Waals surface area contributed by atoms with Crippen LogP contribution in [0.1, 0.15) is 23.2 Å². The summed E-state index contributed by atoms with van der Waals surface area (Å²) >= 11 is 2.09. The summed E-state index contributed by atoms with van der Waals surface area (Å²) in [6.07, 6.45) is 2.72. The Labute approximate surface area is 162 Å².